The van der Waals surface area contributed by atoms with Crippen LogP contribution in [0.3, 0.4) is 0 Å². The summed E-state index contributed by atoms with van der Waals surface area (Å²) < 4.78 is 10.7. The number of methoxy groups -OCH3 is 1. The summed E-state index contributed by atoms with van der Waals surface area (Å²) >= 11 is 0. The maximum atomic E-state index is 9.91. The lowest BCUT2D eigenvalue weighted by atomic mass is 10.0. The highest BCUT2D eigenvalue weighted by atomic mass is 16.5. The molecule has 1 aromatic carbocycles. The van der Waals surface area contributed by atoms with Crippen molar-refractivity contribution in [1.82, 2.24) is 5.32 Å². The largest absolute Gasteiger partial charge is 0.493 e. The summed E-state index contributed by atoms with van der Waals surface area (Å²) in [5.74, 6) is 1.26. The molecule has 0 bridgehead atoms. The molecule has 5 heteroatoms. The van der Waals surface area contributed by atoms with Gasteiger partial charge in [0.25, 0.3) is 0 Å². The van der Waals surface area contributed by atoms with Crippen LogP contribution in [-0.4, -0.2) is 48.7 Å². The van der Waals surface area contributed by atoms with E-state index in [-0.39, 0.29) is 18.8 Å². The molecule has 0 aliphatic rings. The van der Waals surface area contributed by atoms with Crippen molar-refractivity contribution >= 4 is 0 Å². The Balaban J connectivity index is 2.38. The average molecular weight is 283 g/mol. The summed E-state index contributed by atoms with van der Waals surface area (Å²) in [7, 11) is 1.58. The second-order valence-corrected chi connectivity index (χ2v) is 5.35. The first-order chi connectivity index (χ1) is 9.48. The predicted molar refractivity (Wildman–Crippen MR) is 78.3 cm³/mol. The Labute approximate surface area is 120 Å². The Kier molecular flexibility index (Phi) is 6.78. The summed E-state index contributed by atoms with van der Waals surface area (Å²) in [6, 6.07) is 7.33. The van der Waals surface area contributed by atoms with Crippen molar-refractivity contribution in [3.63, 3.8) is 0 Å². The van der Waals surface area contributed by atoms with Crippen LogP contribution in [0.2, 0.25) is 0 Å². The van der Waals surface area contributed by atoms with Crippen molar-refractivity contribution in [2.24, 2.45) is 0 Å². The zero-order valence-corrected chi connectivity index (χ0v) is 12.4. The van der Waals surface area contributed by atoms with Gasteiger partial charge in [0.05, 0.1) is 7.11 Å². The van der Waals surface area contributed by atoms with E-state index in [2.05, 4.69) is 5.32 Å². The minimum Gasteiger partial charge on any atom is -0.493 e. The van der Waals surface area contributed by atoms with Crippen LogP contribution < -0.4 is 14.8 Å². The molecule has 0 aliphatic heterocycles. The molecule has 0 saturated heterocycles. The van der Waals surface area contributed by atoms with Gasteiger partial charge in [-0.05, 0) is 32.4 Å². The van der Waals surface area contributed by atoms with Crippen LogP contribution >= 0.6 is 0 Å². The van der Waals surface area contributed by atoms with E-state index in [0.29, 0.717) is 24.5 Å². The zero-order valence-electron chi connectivity index (χ0n) is 12.4. The molecule has 1 aromatic rings. The molecule has 0 amide bonds. The second kappa shape index (κ2) is 8.09. The molecule has 1 atom stereocenters. The lowest BCUT2D eigenvalue weighted by Gasteiger charge is -2.27. The van der Waals surface area contributed by atoms with Crippen LogP contribution in [0.25, 0.3) is 0 Å². The highest BCUT2D eigenvalue weighted by Gasteiger charge is 2.18. The van der Waals surface area contributed by atoms with Gasteiger partial charge in [-0.3, -0.25) is 0 Å². The Morgan fingerprint density at radius 1 is 1.25 bits per heavy atom. The normalized spacial score (nSPS) is 13.1. The first-order valence-corrected chi connectivity index (χ1v) is 6.78. The number of ether oxygens (including phenoxy) is 2. The van der Waals surface area contributed by atoms with E-state index in [4.69, 9.17) is 14.6 Å². The first kappa shape index (κ1) is 16.8. The molecule has 114 valence electrons. The smallest absolute Gasteiger partial charge is 0.161 e. The van der Waals surface area contributed by atoms with Crippen molar-refractivity contribution in [3.05, 3.63) is 24.3 Å². The summed E-state index contributed by atoms with van der Waals surface area (Å²) in [6.45, 7) is 4.67. The van der Waals surface area contributed by atoms with Crippen molar-refractivity contribution in [3.8, 4) is 11.5 Å². The predicted octanol–water partition coefficient (Wildman–Crippen LogP) is 1.19. The van der Waals surface area contributed by atoms with Gasteiger partial charge in [-0.1, -0.05) is 12.1 Å². The van der Waals surface area contributed by atoms with Gasteiger partial charge in [0, 0.05) is 18.7 Å². The van der Waals surface area contributed by atoms with Crippen LogP contribution in [0.1, 0.15) is 20.3 Å². The SMILES string of the molecule is COc1ccccc1OCC(O)CNC(C)(C)CCO. The molecule has 0 saturated carbocycles. The van der Waals surface area contributed by atoms with Crippen LogP contribution in [0, 0.1) is 0 Å². The van der Waals surface area contributed by atoms with Gasteiger partial charge in [0.1, 0.15) is 12.7 Å². The van der Waals surface area contributed by atoms with Gasteiger partial charge in [0.15, 0.2) is 11.5 Å². The second-order valence-electron chi connectivity index (χ2n) is 5.35. The lowest BCUT2D eigenvalue weighted by Crippen LogP contribution is -2.45. The Morgan fingerprint density at radius 3 is 2.50 bits per heavy atom. The van der Waals surface area contributed by atoms with Crippen LogP contribution in [0.15, 0.2) is 24.3 Å². The van der Waals surface area contributed by atoms with E-state index in [0.717, 1.165) is 0 Å². The summed E-state index contributed by atoms with van der Waals surface area (Å²) in [5, 5.41) is 22.1. The molecule has 0 aliphatic carbocycles. The van der Waals surface area contributed by atoms with Crippen molar-refractivity contribution in [1.29, 1.82) is 0 Å². The topological polar surface area (TPSA) is 71.0 Å². The summed E-state index contributed by atoms with van der Waals surface area (Å²) in [5.41, 5.74) is -0.208. The molecule has 5 nitrogen and oxygen atoms in total. The monoisotopic (exact) mass is 283 g/mol. The Bertz CT molecular complexity index is 395. The zero-order chi connectivity index (χ0) is 15.0. The minimum atomic E-state index is -0.627. The van der Waals surface area contributed by atoms with Crippen molar-refractivity contribution < 1.29 is 19.7 Å². The molecule has 3 N–H and O–H groups in total. The quantitative estimate of drug-likeness (QED) is 0.635. The molecule has 0 radical (unpaired) electrons. The maximum absolute atomic E-state index is 9.91. The van der Waals surface area contributed by atoms with Gasteiger partial charge in [-0.25, -0.2) is 0 Å². The molecular formula is C15H25NO4. The van der Waals surface area contributed by atoms with E-state index in [1.165, 1.54) is 0 Å². The highest BCUT2D eigenvalue weighted by molar-refractivity contribution is 5.39. The third-order valence-electron chi connectivity index (χ3n) is 3.05. The third-order valence-corrected chi connectivity index (χ3v) is 3.05. The highest BCUT2D eigenvalue weighted by Crippen LogP contribution is 2.25. The number of aliphatic hydroxyl groups excluding tert-OH is 2. The van der Waals surface area contributed by atoms with Crippen molar-refractivity contribution in [2.75, 3.05) is 26.9 Å². The van der Waals surface area contributed by atoms with Crippen LogP contribution in [0.4, 0.5) is 0 Å². The maximum Gasteiger partial charge on any atom is 0.161 e. The molecule has 1 unspecified atom stereocenters. The van der Waals surface area contributed by atoms with Gasteiger partial charge in [0.2, 0.25) is 0 Å². The third kappa shape index (κ3) is 5.77. The van der Waals surface area contributed by atoms with Gasteiger partial charge < -0.3 is 25.0 Å². The van der Waals surface area contributed by atoms with E-state index >= 15 is 0 Å². The summed E-state index contributed by atoms with van der Waals surface area (Å²) in [6.07, 6.45) is 0.00507. The number of para-hydroxylation sites is 2. The number of nitrogens with one attached hydrogen (secondary N) is 1. The molecular weight excluding hydrogens is 258 g/mol. The summed E-state index contributed by atoms with van der Waals surface area (Å²) in [4.78, 5) is 0. The number of hydrogen-bond donors (Lipinski definition) is 3. The van der Waals surface area contributed by atoms with Crippen LogP contribution in [-0.2, 0) is 0 Å². The molecule has 0 aromatic heterocycles. The number of hydrogen-bond acceptors (Lipinski definition) is 5. The number of β-amino-alcohol motifs (C(OH)–C–C–N with tert-alkyl or cyclic N) is 1. The average Bonchev–Trinajstić information content (AvgIpc) is 2.43. The fourth-order valence-corrected chi connectivity index (χ4v) is 1.74. The number of rotatable bonds is 9. The molecule has 0 fully saturated rings. The van der Waals surface area contributed by atoms with E-state index in [1.807, 2.05) is 32.0 Å². The minimum absolute atomic E-state index is 0.119. The molecule has 20 heavy (non-hydrogen) atoms. The lowest BCUT2D eigenvalue weighted by molar-refractivity contribution is 0.0945. The van der Waals surface area contributed by atoms with Crippen LogP contribution in [0.5, 0.6) is 11.5 Å². The first-order valence-electron chi connectivity index (χ1n) is 6.78. The van der Waals surface area contributed by atoms with Crippen molar-refractivity contribution in [2.45, 2.75) is 31.9 Å². The molecule has 1 rings (SSSR count). The fraction of sp³-hybridized carbons (Fsp3) is 0.600. The van der Waals surface area contributed by atoms with Gasteiger partial charge in [-0.15, -0.1) is 0 Å². The Morgan fingerprint density at radius 2 is 1.90 bits per heavy atom. The van der Waals surface area contributed by atoms with E-state index in [9.17, 15) is 5.11 Å². The van der Waals surface area contributed by atoms with Gasteiger partial charge in [-0.2, -0.15) is 0 Å². The standard InChI is InChI=1S/C15H25NO4/c1-15(2,8-9-17)16-10-12(18)11-20-14-7-5-4-6-13(14)19-3/h4-7,12,16-18H,8-11H2,1-3H3. The van der Waals surface area contributed by atoms with Gasteiger partial charge >= 0.3 is 0 Å². The number of aliphatic hydroxyl groups is 2. The fourth-order valence-electron chi connectivity index (χ4n) is 1.74. The van der Waals surface area contributed by atoms with E-state index in [1.54, 1.807) is 13.2 Å². The number of benzene rings is 1. The Hall–Kier alpha value is -1.30. The molecule has 0 spiro atoms. The molecule has 0 heterocycles. The van der Waals surface area contributed by atoms with E-state index < -0.39 is 6.10 Å².